The van der Waals surface area contributed by atoms with E-state index in [0.717, 1.165) is 19.0 Å². The first-order valence-corrected chi connectivity index (χ1v) is 6.31. The van der Waals surface area contributed by atoms with Crippen molar-refractivity contribution >= 4 is 11.3 Å². The Morgan fingerprint density at radius 3 is 2.93 bits per heavy atom. The van der Waals surface area contributed by atoms with Crippen LogP contribution in [0.25, 0.3) is 0 Å². The summed E-state index contributed by atoms with van der Waals surface area (Å²) in [5.74, 6) is 0.566. The molecule has 2 rings (SSSR count). The van der Waals surface area contributed by atoms with Crippen molar-refractivity contribution in [2.75, 3.05) is 6.54 Å². The molecule has 1 saturated carbocycles. The van der Waals surface area contributed by atoms with E-state index in [1.165, 1.54) is 23.5 Å². The predicted molar refractivity (Wildman–Crippen MR) is 60.9 cm³/mol. The van der Waals surface area contributed by atoms with Crippen LogP contribution in [0.4, 0.5) is 0 Å². The molecule has 0 amide bonds. The fourth-order valence-electron chi connectivity index (χ4n) is 1.38. The second kappa shape index (κ2) is 4.41. The van der Waals surface area contributed by atoms with Crippen molar-refractivity contribution in [3.05, 3.63) is 16.1 Å². The molecule has 1 N–H and O–H groups in total. The van der Waals surface area contributed by atoms with Gasteiger partial charge >= 0.3 is 0 Å². The Morgan fingerprint density at radius 2 is 2.36 bits per heavy atom. The van der Waals surface area contributed by atoms with Gasteiger partial charge in [0.2, 0.25) is 0 Å². The third-order valence-corrected chi connectivity index (χ3v) is 3.44. The Hall–Kier alpha value is -0.410. The van der Waals surface area contributed by atoms with Gasteiger partial charge in [0.05, 0.1) is 10.7 Å². The Morgan fingerprint density at radius 1 is 1.57 bits per heavy atom. The van der Waals surface area contributed by atoms with Crippen LogP contribution in [0.2, 0.25) is 0 Å². The van der Waals surface area contributed by atoms with Crippen molar-refractivity contribution in [2.24, 2.45) is 0 Å². The average Bonchev–Trinajstić information content (AvgIpc) is 2.82. The van der Waals surface area contributed by atoms with Crippen LogP contribution in [0.1, 0.15) is 43.3 Å². The highest BCUT2D eigenvalue weighted by Gasteiger charge is 2.19. The SMILES string of the molecule is CC(C)c1csc(CCNC2CC2)n1. The zero-order valence-electron chi connectivity index (χ0n) is 8.92. The summed E-state index contributed by atoms with van der Waals surface area (Å²) < 4.78 is 0. The smallest absolute Gasteiger partial charge is 0.0941 e. The fraction of sp³-hybridized carbons (Fsp3) is 0.727. The van der Waals surface area contributed by atoms with Gasteiger partial charge in [0, 0.05) is 24.4 Å². The lowest BCUT2D eigenvalue weighted by atomic mass is 10.2. The van der Waals surface area contributed by atoms with Crippen molar-refractivity contribution in [3.63, 3.8) is 0 Å². The third-order valence-electron chi connectivity index (χ3n) is 2.51. The van der Waals surface area contributed by atoms with Gasteiger partial charge in [-0.2, -0.15) is 0 Å². The van der Waals surface area contributed by atoms with Gasteiger partial charge in [-0.25, -0.2) is 4.98 Å². The molecule has 0 radical (unpaired) electrons. The molecule has 2 nitrogen and oxygen atoms in total. The first-order valence-electron chi connectivity index (χ1n) is 5.43. The summed E-state index contributed by atoms with van der Waals surface area (Å²) in [4.78, 5) is 4.61. The molecule has 1 fully saturated rings. The Bertz CT molecular complexity index is 289. The zero-order valence-corrected chi connectivity index (χ0v) is 9.73. The van der Waals surface area contributed by atoms with Crippen LogP contribution in [0.15, 0.2) is 5.38 Å². The minimum absolute atomic E-state index is 0.566. The van der Waals surface area contributed by atoms with Gasteiger partial charge in [0.15, 0.2) is 0 Å². The molecule has 3 heteroatoms. The standard InChI is InChI=1S/C11H18N2S/c1-8(2)10-7-14-11(13-10)5-6-12-9-3-4-9/h7-9,12H,3-6H2,1-2H3. The van der Waals surface area contributed by atoms with E-state index in [1.54, 1.807) is 11.3 Å². The van der Waals surface area contributed by atoms with Crippen molar-refractivity contribution in [3.8, 4) is 0 Å². The Kier molecular flexibility index (Phi) is 3.19. The number of hydrogen-bond acceptors (Lipinski definition) is 3. The van der Waals surface area contributed by atoms with Crippen LogP contribution in [0.5, 0.6) is 0 Å². The molecular weight excluding hydrogens is 192 g/mol. The molecule has 0 unspecified atom stereocenters. The summed E-state index contributed by atoms with van der Waals surface area (Å²) in [7, 11) is 0. The van der Waals surface area contributed by atoms with E-state index >= 15 is 0 Å². The summed E-state index contributed by atoms with van der Waals surface area (Å²) in [5.41, 5.74) is 1.25. The molecule has 0 saturated heterocycles. The van der Waals surface area contributed by atoms with Crippen LogP contribution in [-0.2, 0) is 6.42 Å². The maximum atomic E-state index is 4.61. The summed E-state index contributed by atoms with van der Waals surface area (Å²) in [5, 5.41) is 6.98. The highest BCUT2D eigenvalue weighted by molar-refractivity contribution is 7.09. The van der Waals surface area contributed by atoms with E-state index in [-0.39, 0.29) is 0 Å². The second-order valence-electron chi connectivity index (χ2n) is 4.30. The summed E-state index contributed by atoms with van der Waals surface area (Å²) in [6.45, 7) is 5.48. The molecule has 0 aromatic carbocycles. The lowest BCUT2D eigenvalue weighted by Crippen LogP contribution is -2.19. The van der Waals surface area contributed by atoms with Crippen LogP contribution < -0.4 is 5.32 Å². The van der Waals surface area contributed by atoms with Crippen LogP contribution in [0.3, 0.4) is 0 Å². The summed E-state index contributed by atoms with van der Waals surface area (Å²) in [6, 6.07) is 0.819. The van der Waals surface area contributed by atoms with Crippen LogP contribution in [-0.4, -0.2) is 17.6 Å². The highest BCUT2D eigenvalue weighted by Crippen LogP contribution is 2.20. The Labute approximate surface area is 89.8 Å². The van der Waals surface area contributed by atoms with E-state index < -0.39 is 0 Å². The maximum absolute atomic E-state index is 4.61. The van der Waals surface area contributed by atoms with Crippen LogP contribution in [0, 0.1) is 0 Å². The fourth-order valence-corrected chi connectivity index (χ4v) is 2.34. The molecule has 14 heavy (non-hydrogen) atoms. The molecule has 1 aromatic rings. The van der Waals surface area contributed by atoms with Gasteiger partial charge in [0.1, 0.15) is 0 Å². The third kappa shape index (κ3) is 2.79. The number of aromatic nitrogens is 1. The topological polar surface area (TPSA) is 24.9 Å². The van der Waals surface area contributed by atoms with E-state index in [4.69, 9.17) is 0 Å². The largest absolute Gasteiger partial charge is 0.314 e. The van der Waals surface area contributed by atoms with Gasteiger partial charge in [-0.05, 0) is 18.8 Å². The first-order chi connectivity index (χ1) is 6.75. The Balaban J connectivity index is 1.77. The quantitative estimate of drug-likeness (QED) is 0.808. The van der Waals surface area contributed by atoms with E-state index in [1.807, 2.05) is 0 Å². The van der Waals surface area contributed by atoms with Gasteiger partial charge in [0.25, 0.3) is 0 Å². The summed E-state index contributed by atoms with van der Waals surface area (Å²) in [6.07, 6.45) is 3.83. The van der Waals surface area contributed by atoms with Gasteiger partial charge < -0.3 is 5.32 Å². The number of rotatable bonds is 5. The van der Waals surface area contributed by atoms with Gasteiger partial charge in [-0.3, -0.25) is 0 Å². The minimum Gasteiger partial charge on any atom is -0.314 e. The number of nitrogens with zero attached hydrogens (tertiary/aromatic N) is 1. The van der Waals surface area contributed by atoms with Crippen molar-refractivity contribution in [1.29, 1.82) is 0 Å². The average molecular weight is 210 g/mol. The van der Waals surface area contributed by atoms with E-state index in [2.05, 4.69) is 29.5 Å². The minimum atomic E-state index is 0.566. The molecule has 0 bridgehead atoms. The lowest BCUT2D eigenvalue weighted by molar-refractivity contribution is 0.678. The van der Waals surface area contributed by atoms with Crippen molar-refractivity contribution < 1.29 is 0 Å². The molecule has 1 aliphatic rings. The van der Waals surface area contributed by atoms with Gasteiger partial charge in [-0.15, -0.1) is 11.3 Å². The highest BCUT2D eigenvalue weighted by atomic mass is 32.1. The molecule has 0 spiro atoms. The number of nitrogens with one attached hydrogen (secondary N) is 1. The lowest BCUT2D eigenvalue weighted by Gasteiger charge is -1.99. The maximum Gasteiger partial charge on any atom is 0.0941 e. The number of thiazole rings is 1. The molecule has 1 aliphatic carbocycles. The molecule has 0 atom stereocenters. The number of hydrogen-bond donors (Lipinski definition) is 1. The van der Waals surface area contributed by atoms with Gasteiger partial charge in [-0.1, -0.05) is 13.8 Å². The molecular formula is C11H18N2S. The van der Waals surface area contributed by atoms with Crippen molar-refractivity contribution in [2.45, 2.75) is 45.1 Å². The summed E-state index contributed by atoms with van der Waals surface area (Å²) >= 11 is 1.80. The predicted octanol–water partition coefficient (Wildman–Crippen LogP) is 2.56. The zero-order chi connectivity index (χ0) is 9.97. The molecule has 78 valence electrons. The van der Waals surface area contributed by atoms with Crippen LogP contribution >= 0.6 is 11.3 Å². The second-order valence-corrected chi connectivity index (χ2v) is 5.24. The normalized spacial score (nSPS) is 16.5. The van der Waals surface area contributed by atoms with Crippen molar-refractivity contribution in [1.82, 2.24) is 10.3 Å². The molecule has 1 aromatic heterocycles. The van der Waals surface area contributed by atoms with E-state index in [0.29, 0.717) is 5.92 Å². The van der Waals surface area contributed by atoms with E-state index in [9.17, 15) is 0 Å². The molecule has 0 aliphatic heterocycles. The monoisotopic (exact) mass is 210 g/mol. The molecule has 1 heterocycles. The first kappa shape index (κ1) is 10.1.